The van der Waals surface area contributed by atoms with Gasteiger partial charge in [-0.25, -0.2) is 4.98 Å². The second-order valence-corrected chi connectivity index (χ2v) is 9.98. The molecule has 0 spiro atoms. The van der Waals surface area contributed by atoms with Crippen LogP contribution in [0.15, 0.2) is 41.8 Å². The van der Waals surface area contributed by atoms with E-state index in [0.717, 1.165) is 15.4 Å². The summed E-state index contributed by atoms with van der Waals surface area (Å²) in [6.07, 6.45) is 0. The molecule has 0 radical (unpaired) electrons. The topological polar surface area (TPSA) is 100 Å². The number of thiophene rings is 1. The first kappa shape index (κ1) is 22.6. The van der Waals surface area contributed by atoms with Crippen LogP contribution in [0.1, 0.15) is 42.9 Å². The van der Waals surface area contributed by atoms with Gasteiger partial charge < -0.3 is 10.6 Å². The molecule has 2 heterocycles. The first-order chi connectivity index (χ1) is 14.6. The lowest BCUT2D eigenvalue weighted by atomic mass is 9.95. The number of nitrogens with one attached hydrogen (secondary N) is 3. The Kier molecular flexibility index (Phi) is 6.87. The minimum Gasteiger partial charge on any atom is -0.351 e. The van der Waals surface area contributed by atoms with Gasteiger partial charge in [-0.2, -0.15) is 0 Å². The van der Waals surface area contributed by atoms with Gasteiger partial charge in [-0.1, -0.05) is 26.8 Å². The van der Waals surface area contributed by atoms with E-state index in [4.69, 9.17) is 0 Å². The van der Waals surface area contributed by atoms with Crippen molar-refractivity contribution in [1.29, 1.82) is 0 Å². The Hall–Kier alpha value is -3.04. The lowest BCUT2D eigenvalue weighted by molar-refractivity contribution is -0.123. The van der Waals surface area contributed by atoms with E-state index >= 15 is 0 Å². The van der Waals surface area contributed by atoms with Gasteiger partial charge in [0.2, 0.25) is 11.8 Å². The van der Waals surface area contributed by atoms with Gasteiger partial charge in [-0.05, 0) is 30.3 Å². The van der Waals surface area contributed by atoms with Crippen molar-refractivity contribution in [3.05, 3.63) is 52.2 Å². The zero-order chi connectivity index (χ0) is 22.6. The van der Waals surface area contributed by atoms with Crippen molar-refractivity contribution in [1.82, 2.24) is 10.3 Å². The van der Waals surface area contributed by atoms with Crippen molar-refractivity contribution in [3.63, 3.8) is 0 Å². The predicted molar refractivity (Wildman–Crippen MR) is 125 cm³/mol. The lowest BCUT2D eigenvalue weighted by Gasteiger charge is -2.17. The molecule has 0 aliphatic heterocycles. The van der Waals surface area contributed by atoms with Crippen LogP contribution in [0.2, 0.25) is 0 Å². The van der Waals surface area contributed by atoms with E-state index in [1.54, 1.807) is 35.6 Å². The van der Waals surface area contributed by atoms with E-state index in [1.807, 2.05) is 38.3 Å². The number of thiazole rings is 1. The van der Waals surface area contributed by atoms with Gasteiger partial charge in [0.15, 0.2) is 5.13 Å². The Labute approximate surface area is 188 Å². The molecular weight excluding hydrogens is 432 g/mol. The van der Waals surface area contributed by atoms with E-state index in [9.17, 15) is 14.4 Å². The summed E-state index contributed by atoms with van der Waals surface area (Å²) < 4.78 is 0. The van der Waals surface area contributed by atoms with E-state index in [-0.39, 0.29) is 17.7 Å². The maximum atomic E-state index is 12.7. The third-order valence-electron chi connectivity index (χ3n) is 4.21. The molecule has 3 N–H and O–H groups in total. The molecule has 0 aliphatic rings. The van der Waals surface area contributed by atoms with Gasteiger partial charge in [-0.15, -0.1) is 22.7 Å². The van der Waals surface area contributed by atoms with Gasteiger partial charge in [0.1, 0.15) is 0 Å². The second kappa shape index (κ2) is 9.40. The molecule has 0 atom stereocenters. The average Bonchev–Trinajstić information content (AvgIpc) is 3.35. The first-order valence-electron chi connectivity index (χ1n) is 9.64. The van der Waals surface area contributed by atoms with Crippen molar-refractivity contribution in [3.8, 4) is 10.6 Å². The van der Waals surface area contributed by atoms with Crippen LogP contribution >= 0.6 is 22.7 Å². The van der Waals surface area contributed by atoms with Crippen molar-refractivity contribution in [2.75, 3.05) is 10.6 Å². The Morgan fingerprint density at radius 3 is 2.55 bits per heavy atom. The molecular formula is C22H24N4O3S2. The molecule has 31 heavy (non-hydrogen) atoms. The Balaban J connectivity index is 1.66. The number of anilines is 2. The predicted octanol–water partition coefficient (Wildman–Crippen LogP) is 4.74. The number of nitrogens with zero attached hydrogens (tertiary/aromatic N) is 1. The molecule has 3 aromatic rings. The van der Waals surface area contributed by atoms with E-state index in [1.165, 1.54) is 18.3 Å². The summed E-state index contributed by atoms with van der Waals surface area (Å²) in [6.45, 7) is 7.45. The number of aromatic nitrogens is 1. The quantitative estimate of drug-likeness (QED) is 0.498. The molecule has 3 amide bonds. The number of amides is 3. The number of carbonyl (C=O) groups excluding carboxylic acids is 3. The van der Waals surface area contributed by atoms with Crippen LogP contribution in [0.4, 0.5) is 10.8 Å². The molecule has 0 saturated heterocycles. The number of carbonyl (C=O) groups is 3. The van der Waals surface area contributed by atoms with Crippen LogP contribution in [0.5, 0.6) is 0 Å². The average molecular weight is 457 g/mol. The number of benzene rings is 1. The van der Waals surface area contributed by atoms with Gasteiger partial charge in [0.05, 0.1) is 17.1 Å². The summed E-state index contributed by atoms with van der Waals surface area (Å²) in [5.41, 5.74) is 1.24. The third kappa shape index (κ3) is 6.22. The highest BCUT2D eigenvalue weighted by Gasteiger charge is 2.21. The van der Waals surface area contributed by atoms with Crippen LogP contribution in [0.3, 0.4) is 0 Å². The van der Waals surface area contributed by atoms with Gasteiger partial charge >= 0.3 is 0 Å². The van der Waals surface area contributed by atoms with Crippen molar-refractivity contribution in [2.45, 2.75) is 34.2 Å². The molecule has 0 saturated carbocycles. The van der Waals surface area contributed by atoms with Crippen molar-refractivity contribution < 1.29 is 14.4 Å². The van der Waals surface area contributed by atoms with Crippen LogP contribution in [-0.2, 0) is 16.1 Å². The minimum atomic E-state index is -0.528. The zero-order valence-electron chi connectivity index (χ0n) is 17.7. The van der Waals surface area contributed by atoms with Crippen LogP contribution < -0.4 is 16.0 Å². The van der Waals surface area contributed by atoms with E-state index in [2.05, 4.69) is 20.9 Å². The fourth-order valence-electron chi connectivity index (χ4n) is 2.49. The highest BCUT2D eigenvalue weighted by molar-refractivity contribution is 7.17. The van der Waals surface area contributed by atoms with Crippen LogP contribution in [-0.4, -0.2) is 22.7 Å². The fourth-order valence-corrected chi connectivity index (χ4v) is 4.18. The van der Waals surface area contributed by atoms with E-state index in [0.29, 0.717) is 22.9 Å². The summed E-state index contributed by atoms with van der Waals surface area (Å²) in [7, 11) is 0. The molecule has 9 heteroatoms. The number of hydrogen-bond donors (Lipinski definition) is 3. The maximum Gasteiger partial charge on any atom is 0.257 e. The van der Waals surface area contributed by atoms with Crippen molar-refractivity contribution in [2.24, 2.45) is 5.41 Å². The second-order valence-electron chi connectivity index (χ2n) is 7.95. The fraction of sp³-hybridized carbons (Fsp3) is 0.273. The standard InChI is InChI=1S/C22H24N4O3S2/c1-13(27)23-11-16-8-9-18(31-16)17-12-30-21(25-17)26-19(28)14-6-5-7-15(10-14)24-20(29)22(2,3)4/h5-10,12H,11H2,1-4H3,(H,23,27)(H,24,29)(H,25,26,28). The Morgan fingerprint density at radius 2 is 1.84 bits per heavy atom. The van der Waals surface area contributed by atoms with E-state index < -0.39 is 5.41 Å². The molecule has 0 fully saturated rings. The summed E-state index contributed by atoms with van der Waals surface area (Å²) in [4.78, 5) is 42.4. The molecule has 1 aromatic carbocycles. The number of rotatable bonds is 6. The summed E-state index contributed by atoms with van der Waals surface area (Å²) >= 11 is 2.88. The minimum absolute atomic E-state index is 0.0735. The summed E-state index contributed by atoms with van der Waals surface area (Å²) in [6, 6.07) is 10.7. The highest BCUT2D eigenvalue weighted by Crippen LogP contribution is 2.31. The third-order valence-corrected chi connectivity index (χ3v) is 6.08. The molecule has 7 nitrogen and oxygen atoms in total. The van der Waals surface area contributed by atoms with Crippen LogP contribution in [0, 0.1) is 5.41 Å². The number of hydrogen-bond acceptors (Lipinski definition) is 6. The van der Waals surface area contributed by atoms with Gasteiger partial charge in [0.25, 0.3) is 5.91 Å². The molecule has 2 aromatic heterocycles. The van der Waals surface area contributed by atoms with Gasteiger partial charge in [0, 0.05) is 33.8 Å². The monoisotopic (exact) mass is 456 g/mol. The normalized spacial score (nSPS) is 11.1. The molecule has 0 unspecified atom stereocenters. The summed E-state index contributed by atoms with van der Waals surface area (Å²) in [5, 5.41) is 10.8. The largest absolute Gasteiger partial charge is 0.351 e. The van der Waals surface area contributed by atoms with Gasteiger partial charge in [-0.3, -0.25) is 19.7 Å². The maximum absolute atomic E-state index is 12.7. The summed E-state index contributed by atoms with van der Waals surface area (Å²) in [5.74, 6) is -0.496. The molecule has 3 rings (SSSR count). The smallest absolute Gasteiger partial charge is 0.257 e. The zero-order valence-corrected chi connectivity index (χ0v) is 19.4. The Morgan fingerprint density at radius 1 is 1.06 bits per heavy atom. The molecule has 162 valence electrons. The molecule has 0 aliphatic carbocycles. The highest BCUT2D eigenvalue weighted by atomic mass is 32.1. The lowest BCUT2D eigenvalue weighted by Crippen LogP contribution is -2.27. The van der Waals surface area contributed by atoms with Crippen LogP contribution in [0.25, 0.3) is 10.6 Å². The SMILES string of the molecule is CC(=O)NCc1ccc(-c2csc(NC(=O)c3cccc(NC(=O)C(C)(C)C)c3)n2)s1. The van der Waals surface area contributed by atoms with Crippen molar-refractivity contribution >= 4 is 51.2 Å². The Bertz CT molecular complexity index is 1110. The first-order valence-corrected chi connectivity index (χ1v) is 11.3. The molecule has 0 bridgehead atoms.